The molecule has 2 atom stereocenters. The molecule has 21 heavy (non-hydrogen) atoms. The molecular weight excluding hydrogens is 299 g/mol. The van der Waals surface area contributed by atoms with Crippen LogP contribution in [0, 0.1) is 5.82 Å². The lowest BCUT2D eigenvalue weighted by molar-refractivity contribution is -0.141. The Bertz CT molecular complexity index is 564. The summed E-state index contributed by atoms with van der Waals surface area (Å²) in [6.45, 7) is 0. The van der Waals surface area contributed by atoms with E-state index in [-0.39, 0.29) is 18.1 Å². The maximum Gasteiger partial charge on any atom is 0.327 e. The minimum absolute atomic E-state index is 0.0692. The van der Waals surface area contributed by atoms with Gasteiger partial charge in [-0.2, -0.15) is 0 Å². The third-order valence-electron chi connectivity index (χ3n) is 2.87. The lowest BCUT2D eigenvalue weighted by Crippen LogP contribution is -2.51. The van der Waals surface area contributed by atoms with Gasteiger partial charge >= 0.3 is 5.97 Å². The summed E-state index contributed by atoms with van der Waals surface area (Å²) >= 11 is 1.14. The molecule has 0 aliphatic carbocycles. The molecule has 0 bridgehead atoms. The number of amides is 2. The second-order valence-electron chi connectivity index (χ2n) is 4.48. The van der Waals surface area contributed by atoms with Crippen molar-refractivity contribution in [2.24, 2.45) is 0 Å². The van der Waals surface area contributed by atoms with Gasteiger partial charge in [0.1, 0.15) is 11.9 Å². The molecular formula is C13H13FN2O4S. The fraction of sp³-hybridized carbons (Fsp3) is 0.308. The molecule has 0 aromatic heterocycles. The van der Waals surface area contributed by atoms with Crippen LogP contribution >= 0.6 is 11.8 Å². The van der Waals surface area contributed by atoms with Crippen molar-refractivity contribution in [1.82, 2.24) is 5.32 Å². The summed E-state index contributed by atoms with van der Waals surface area (Å²) in [6.07, 6.45) is -0.0692. The van der Waals surface area contributed by atoms with E-state index < -0.39 is 29.0 Å². The molecule has 6 nitrogen and oxygen atoms in total. The predicted molar refractivity (Wildman–Crippen MR) is 75.5 cm³/mol. The molecule has 1 aromatic rings. The van der Waals surface area contributed by atoms with Gasteiger partial charge in [0.2, 0.25) is 11.8 Å². The molecule has 1 aromatic carbocycles. The second kappa shape index (κ2) is 6.57. The highest BCUT2D eigenvalue weighted by molar-refractivity contribution is 8.00. The summed E-state index contributed by atoms with van der Waals surface area (Å²) < 4.78 is 12.7. The van der Waals surface area contributed by atoms with Crippen LogP contribution in [0.5, 0.6) is 0 Å². The number of carboxylic acids is 1. The maximum atomic E-state index is 12.7. The second-order valence-corrected chi connectivity index (χ2v) is 5.72. The van der Waals surface area contributed by atoms with Gasteiger partial charge in [0.25, 0.3) is 0 Å². The number of hydrogen-bond donors (Lipinski definition) is 3. The standard InChI is InChI=1S/C13H13FN2O4S/c14-7-1-3-8(4-2-7)15-11(17)5-10-12(18)16-9(6-21-10)13(19)20/h1-4,9-10H,5-6H2,(H,15,17)(H,16,18)(H,19,20)/t9-,10+/m1/s1. The fourth-order valence-electron chi connectivity index (χ4n) is 1.79. The molecule has 8 heteroatoms. The zero-order valence-corrected chi connectivity index (χ0v) is 11.7. The minimum atomic E-state index is -1.09. The highest BCUT2D eigenvalue weighted by atomic mass is 32.2. The first kappa shape index (κ1) is 15.3. The van der Waals surface area contributed by atoms with Crippen LogP contribution in [0.15, 0.2) is 24.3 Å². The average molecular weight is 312 g/mol. The first-order valence-electron chi connectivity index (χ1n) is 6.16. The molecule has 1 heterocycles. The van der Waals surface area contributed by atoms with E-state index in [0.717, 1.165) is 11.8 Å². The van der Waals surface area contributed by atoms with Gasteiger partial charge in [0, 0.05) is 17.9 Å². The molecule has 0 unspecified atom stereocenters. The molecule has 0 spiro atoms. The fourth-order valence-corrected chi connectivity index (χ4v) is 2.93. The lowest BCUT2D eigenvalue weighted by Gasteiger charge is -2.25. The van der Waals surface area contributed by atoms with Crippen LogP contribution < -0.4 is 10.6 Å². The Morgan fingerprint density at radius 1 is 1.38 bits per heavy atom. The predicted octanol–water partition coefficient (Wildman–Crippen LogP) is 0.839. The summed E-state index contributed by atoms with van der Waals surface area (Å²) in [5.74, 6) is -2.13. The SMILES string of the molecule is O=C(C[C@@H]1SC[C@H](C(=O)O)NC1=O)Nc1ccc(F)cc1. The summed E-state index contributed by atoms with van der Waals surface area (Å²) in [5.41, 5.74) is 0.436. The molecule has 2 rings (SSSR count). The molecule has 0 saturated carbocycles. The number of anilines is 1. The van der Waals surface area contributed by atoms with Crippen molar-refractivity contribution >= 4 is 35.2 Å². The van der Waals surface area contributed by atoms with Crippen LogP contribution in [-0.4, -0.2) is 39.9 Å². The molecule has 0 radical (unpaired) electrons. The van der Waals surface area contributed by atoms with Gasteiger partial charge in [0.05, 0.1) is 5.25 Å². The van der Waals surface area contributed by atoms with Crippen molar-refractivity contribution in [3.63, 3.8) is 0 Å². The van der Waals surface area contributed by atoms with Gasteiger partial charge in [-0.05, 0) is 24.3 Å². The maximum absolute atomic E-state index is 12.7. The number of benzene rings is 1. The monoisotopic (exact) mass is 312 g/mol. The van der Waals surface area contributed by atoms with Crippen molar-refractivity contribution in [2.45, 2.75) is 17.7 Å². The number of rotatable bonds is 4. The smallest absolute Gasteiger partial charge is 0.327 e. The van der Waals surface area contributed by atoms with Crippen LogP contribution in [0.3, 0.4) is 0 Å². The lowest BCUT2D eigenvalue weighted by atomic mass is 10.2. The zero-order chi connectivity index (χ0) is 15.4. The topological polar surface area (TPSA) is 95.5 Å². The molecule has 2 amide bonds. The van der Waals surface area contributed by atoms with Gasteiger partial charge in [-0.25, -0.2) is 9.18 Å². The van der Waals surface area contributed by atoms with Gasteiger partial charge in [-0.1, -0.05) is 0 Å². The average Bonchev–Trinajstić information content (AvgIpc) is 2.43. The first-order valence-corrected chi connectivity index (χ1v) is 7.21. The van der Waals surface area contributed by atoms with E-state index in [0.29, 0.717) is 5.69 Å². The van der Waals surface area contributed by atoms with E-state index in [2.05, 4.69) is 10.6 Å². The highest BCUT2D eigenvalue weighted by Crippen LogP contribution is 2.21. The number of hydrogen-bond acceptors (Lipinski definition) is 4. The highest BCUT2D eigenvalue weighted by Gasteiger charge is 2.33. The third kappa shape index (κ3) is 4.19. The van der Waals surface area contributed by atoms with Crippen LogP contribution in [0.4, 0.5) is 10.1 Å². The largest absolute Gasteiger partial charge is 0.480 e. The van der Waals surface area contributed by atoms with Gasteiger partial charge < -0.3 is 15.7 Å². The van der Waals surface area contributed by atoms with Crippen molar-refractivity contribution in [1.29, 1.82) is 0 Å². The Morgan fingerprint density at radius 2 is 2.05 bits per heavy atom. The van der Waals surface area contributed by atoms with Crippen molar-refractivity contribution < 1.29 is 23.9 Å². The quantitative estimate of drug-likeness (QED) is 0.766. The Kier molecular flexibility index (Phi) is 4.79. The van der Waals surface area contributed by atoms with Crippen LogP contribution in [0.25, 0.3) is 0 Å². The summed E-state index contributed by atoms with van der Waals surface area (Å²) in [5, 5.41) is 13.1. The van der Waals surface area contributed by atoms with Crippen LogP contribution in [0.1, 0.15) is 6.42 Å². The number of aliphatic carboxylic acids is 1. The van der Waals surface area contributed by atoms with Crippen LogP contribution in [0.2, 0.25) is 0 Å². The zero-order valence-electron chi connectivity index (χ0n) is 10.8. The molecule has 1 fully saturated rings. The molecule has 112 valence electrons. The molecule has 1 aliphatic rings. The van der Waals surface area contributed by atoms with Crippen molar-refractivity contribution in [2.75, 3.05) is 11.1 Å². The summed E-state index contributed by atoms with van der Waals surface area (Å²) in [4.78, 5) is 34.3. The molecule has 1 saturated heterocycles. The van der Waals surface area contributed by atoms with E-state index in [1.165, 1.54) is 24.3 Å². The number of nitrogens with one attached hydrogen (secondary N) is 2. The van der Waals surface area contributed by atoms with Crippen molar-refractivity contribution in [3.05, 3.63) is 30.1 Å². The number of carbonyl (C=O) groups excluding carboxylic acids is 2. The van der Waals surface area contributed by atoms with E-state index in [1.807, 2.05) is 0 Å². The Labute approximate surface area is 124 Å². The Hall–Kier alpha value is -2.09. The number of halogens is 1. The van der Waals surface area contributed by atoms with E-state index in [1.54, 1.807) is 0 Å². The minimum Gasteiger partial charge on any atom is -0.480 e. The first-order chi connectivity index (χ1) is 9.95. The van der Waals surface area contributed by atoms with E-state index >= 15 is 0 Å². The number of carboxylic acid groups (broad SMARTS) is 1. The normalized spacial score (nSPS) is 21.5. The van der Waals surface area contributed by atoms with Crippen molar-refractivity contribution in [3.8, 4) is 0 Å². The number of thioether (sulfide) groups is 1. The number of carbonyl (C=O) groups is 3. The van der Waals surface area contributed by atoms with Crippen LogP contribution in [-0.2, 0) is 14.4 Å². The van der Waals surface area contributed by atoms with E-state index in [4.69, 9.17) is 5.11 Å². The summed E-state index contributed by atoms with van der Waals surface area (Å²) in [6, 6.07) is 4.35. The molecule has 1 aliphatic heterocycles. The van der Waals surface area contributed by atoms with Gasteiger partial charge in [-0.3, -0.25) is 9.59 Å². The molecule has 3 N–H and O–H groups in total. The van der Waals surface area contributed by atoms with Gasteiger partial charge in [0.15, 0.2) is 0 Å². The third-order valence-corrected chi connectivity index (χ3v) is 4.18. The Morgan fingerprint density at radius 3 is 2.62 bits per heavy atom. The van der Waals surface area contributed by atoms with Gasteiger partial charge in [-0.15, -0.1) is 11.8 Å². The van der Waals surface area contributed by atoms with E-state index in [9.17, 15) is 18.8 Å². The summed E-state index contributed by atoms with van der Waals surface area (Å²) in [7, 11) is 0. The Balaban J connectivity index is 1.87.